The van der Waals surface area contributed by atoms with Crippen molar-refractivity contribution in [2.45, 2.75) is 32.7 Å². The molecule has 1 aromatic carbocycles. The maximum atomic E-state index is 5.26. The number of nitrogens with one attached hydrogen (secondary N) is 2. The zero-order valence-electron chi connectivity index (χ0n) is 9.80. The Balaban J connectivity index is 2.59. The van der Waals surface area contributed by atoms with Gasteiger partial charge in [0.2, 0.25) is 0 Å². The maximum absolute atomic E-state index is 5.26. The molecule has 0 atom stereocenters. The summed E-state index contributed by atoms with van der Waals surface area (Å²) in [5, 5.41) is 7.10. The molecule has 0 aliphatic heterocycles. The molecule has 88 valence electrons. The van der Waals surface area contributed by atoms with Crippen LogP contribution in [0.1, 0.15) is 27.2 Å². The van der Waals surface area contributed by atoms with Gasteiger partial charge < -0.3 is 10.6 Å². The van der Waals surface area contributed by atoms with Crippen molar-refractivity contribution in [2.24, 2.45) is 0 Å². The third kappa shape index (κ3) is 4.49. The van der Waals surface area contributed by atoms with Crippen LogP contribution in [0, 0.1) is 0 Å². The molecule has 1 aromatic rings. The van der Waals surface area contributed by atoms with E-state index in [2.05, 4.69) is 47.3 Å². The van der Waals surface area contributed by atoms with E-state index < -0.39 is 0 Å². The lowest BCUT2D eigenvalue weighted by atomic mass is 10.0. The quantitative estimate of drug-likeness (QED) is 0.827. The van der Waals surface area contributed by atoms with Crippen LogP contribution in [-0.2, 0) is 0 Å². The zero-order valence-corrected chi connectivity index (χ0v) is 12.2. The number of hydrogen-bond acceptors (Lipinski definition) is 1. The summed E-state index contributed by atoms with van der Waals surface area (Å²) in [5.74, 6) is 0. The Morgan fingerprint density at radius 1 is 1.44 bits per heavy atom. The number of benzene rings is 1. The van der Waals surface area contributed by atoms with Gasteiger partial charge in [0.15, 0.2) is 5.11 Å². The second kappa shape index (κ2) is 5.64. The first-order chi connectivity index (χ1) is 7.43. The van der Waals surface area contributed by atoms with Crippen LogP contribution in [0.5, 0.6) is 0 Å². The maximum Gasteiger partial charge on any atom is 0.171 e. The molecule has 0 unspecified atom stereocenters. The first kappa shape index (κ1) is 13.5. The molecule has 0 aliphatic rings. The van der Waals surface area contributed by atoms with Crippen molar-refractivity contribution in [1.82, 2.24) is 5.32 Å². The van der Waals surface area contributed by atoms with E-state index in [0.717, 1.165) is 16.6 Å². The molecule has 2 nitrogen and oxygen atoms in total. The summed E-state index contributed by atoms with van der Waals surface area (Å²) in [6, 6.07) is 7.93. The molecule has 2 N–H and O–H groups in total. The van der Waals surface area contributed by atoms with Crippen LogP contribution >= 0.6 is 28.1 Å². The Kier molecular flexibility index (Phi) is 4.74. The second-order valence-electron chi connectivity index (χ2n) is 4.33. The average molecular weight is 301 g/mol. The van der Waals surface area contributed by atoms with Crippen molar-refractivity contribution in [3.8, 4) is 0 Å². The van der Waals surface area contributed by atoms with Gasteiger partial charge in [-0.15, -0.1) is 0 Å². The van der Waals surface area contributed by atoms with E-state index in [0.29, 0.717) is 5.11 Å². The third-order valence-electron chi connectivity index (χ3n) is 2.42. The largest absolute Gasteiger partial charge is 0.358 e. The van der Waals surface area contributed by atoms with E-state index in [1.54, 1.807) is 0 Å². The fraction of sp³-hybridized carbons (Fsp3) is 0.417. The Morgan fingerprint density at radius 2 is 2.12 bits per heavy atom. The van der Waals surface area contributed by atoms with E-state index in [1.165, 1.54) is 0 Å². The van der Waals surface area contributed by atoms with E-state index in [1.807, 2.05) is 24.3 Å². The number of anilines is 1. The van der Waals surface area contributed by atoms with Crippen LogP contribution in [0.4, 0.5) is 5.69 Å². The predicted octanol–water partition coefficient (Wildman–Crippen LogP) is 3.92. The molecule has 0 heterocycles. The molecule has 0 radical (unpaired) electrons. The molecule has 0 fully saturated rings. The van der Waals surface area contributed by atoms with Gasteiger partial charge in [0.05, 0.1) is 0 Å². The minimum Gasteiger partial charge on any atom is -0.358 e. The Hall–Kier alpha value is -0.610. The van der Waals surface area contributed by atoms with E-state index >= 15 is 0 Å². The van der Waals surface area contributed by atoms with Crippen LogP contribution in [0.2, 0.25) is 0 Å². The van der Waals surface area contributed by atoms with Gasteiger partial charge in [-0.05, 0) is 50.7 Å². The van der Waals surface area contributed by atoms with Crippen LogP contribution < -0.4 is 10.6 Å². The topological polar surface area (TPSA) is 24.1 Å². The monoisotopic (exact) mass is 300 g/mol. The van der Waals surface area contributed by atoms with Gasteiger partial charge in [-0.2, -0.15) is 0 Å². The molecular formula is C12H17BrN2S. The van der Waals surface area contributed by atoms with Crippen molar-refractivity contribution >= 4 is 38.9 Å². The van der Waals surface area contributed by atoms with Crippen LogP contribution in [0.3, 0.4) is 0 Å². The molecule has 0 saturated heterocycles. The number of halogens is 1. The molecule has 1 rings (SSSR count). The summed E-state index contributed by atoms with van der Waals surface area (Å²) in [5.41, 5.74) is 1.01. The smallest absolute Gasteiger partial charge is 0.171 e. The molecule has 0 bridgehead atoms. The molecule has 0 spiro atoms. The number of thiocarbonyl (C=S) groups is 1. The molecular weight excluding hydrogens is 284 g/mol. The van der Waals surface area contributed by atoms with Crippen molar-refractivity contribution < 1.29 is 0 Å². The van der Waals surface area contributed by atoms with Crippen molar-refractivity contribution in [3.63, 3.8) is 0 Å². The van der Waals surface area contributed by atoms with Crippen LogP contribution in [0.15, 0.2) is 28.7 Å². The second-order valence-corrected chi connectivity index (χ2v) is 5.65. The molecule has 0 saturated carbocycles. The summed E-state index contributed by atoms with van der Waals surface area (Å²) in [7, 11) is 0. The number of rotatable bonds is 3. The van der Waals surface area contributed by atoms with Gasteiger partial charge in [0, 0.05) is 15.7 Å². The van der Waals surface area contributed by atoms with Crippen molar-refractivity contribution in [2.75, 3.05) is 5.32 Å². The van der Waals surface area contributed by atoms with E-state index in [4.69, 9.17) is 12.2 Å². The minimum atomic E-state index is 0.0239. The van der Waals surface area contributed by atoms with Crippen LogP contribution in [0.25, 0.3) is 0 Å². The number of hydrogen-bond donors (Lipinski definition) is 2. The lowest BCUT2D eigenvalue weighted by Gasteiger charge is -2.26. The van der Waals surface area contributed by atoms with Crippen LogP contribution in [-0.4, -0.2) is 10.7 Å². The fourth-order valence-corrected chi connectivity index (χ4v) is 1.92. The molecule has 4 heteroatoms. The van der Waals surface area contributed by atoms with Crippen molar-refractivity contribution in [3.05, 3.63) is 28.7 Å². The highest BCUT2D eigenvalue weighted by Crippen LogP contribution is 2.16. The average Bonchev–Trinajstić information content (AvgIpc) is 2.16. The standard InChI is InChI=1S/C12H17BrN2S/c1-4-12(2,3)15-11(16)14-10-7-5-6-9(13)8-10/h5-8H,4H2,1-3H3,(H2,14,15,16). The first-order valence-corrected chi connectivity index (χ1v) is 6.48. The van der Waals surface area contributed by atoms with Gasteiger partial charge in [0.25, 0.3) is 0 Å². The lowest BCUT2D eigenvalue weighted by molar-refractivity contribution is 0.448. The van der Waals surface area contributed by atoms with Gasteiger partial charge in [-0.1, -0.05) is 28.9 Å². The summed E-state index contributed by atoms with van der Waals surface area (Å²) >= 11 is 8.68. The summed E-state index contributed by atoms with van der Waals surface area (Å²) < 4.78 is 1.04. The fourth-order valence-electron chi connectivity index (χ4n) is 1.12. The third-order valence-corrected chi connectivity index (χ3v) is 3.12. The predicted molar refractivity (Wildman–Crippen MR) is 77.9 cm³/mol. The Labute approximate surface area is 111 Å². The minimum absolute atomic E-state index is 0.0239. The van der Waals surface area contributed by atoms with Gasteiger partial charge in [-0.25, -0.2) is 0 Å². The zero-order chi connectivity index (χ0) is 12.2. The lowest BCUT2D eigenvalue weighted by Crippen LogP contribution is -2.44. The normalized spacial score (nSPS) is 11.0. The highest BCUT2D eigenvalue weighted by molar-refractivity contribution is 9.10. The molecule has 0 amide bonds. The van der Waals surface area contributed by atoms with Gasteiger partial charge in [0.1, 0.15) is 0 Å². The summed E-state index contributed by atoms with van der Waals surface area (Å²) in [4.78, 5) is 0. The van der Waals surface area contributed by atoms with Crippen molar-refractivity contribution in [1.29, 1.82) is 0 Å². The highest BCUT2D eigenvalue weighted by atomic mass is 79.9. The van der Waals surface area contributed by atoms with Gasteiger partial charge >= 0.3 is 0 Å². The molecule has 16 heavy (non-hydrogen) atoms. The highest BCUT2D eigenvalue weighted by Gasteiger charge is 2.15. The Bertz CT molecular complexity index is 377. The SMILES string of the molecule is CCC(C)(C)NC(=S)Nc1cccc(Br)c1. The molecule has 0 aromatic heterocycles. The van der Waals surface area contributed by atoms with E-state index in [-0.39, 0.29) is 5.54 Å². The summed E-state index contributed by atoms with van der Waals surface area (Å²) in [6.45, 7) is 6.39. The Morgan fingerprint density at radius 3 is 2.69 bits per heavy atom. The van der Waals surface area contributed by atoms with E-state index in [9.17, 15) is 0 Å². The summed E-state index contributed by atoms with van der Waals surface area (Å²) in [6.07, 6.45) is 1.02. The van der Waals surface area contributed by atoms with Gasteiger partial charge in [-0.3, -0.25) is 0 Å². The first-order valence-electron chi connectivity index (χ1n) is 5.28. The molecule has 0 aliphatic carbocycles.